The van der Waals surface area contributed by atoms with Crippen molar-refractivity contribution < 1.29 is 14.7 Å². The van der Waals surface area contributed by atoms with Gasteiger partial charge in [0.1, 0.15) is 11.7 Å². The molecule has 0 aliphatic carbocycles. The number of hydrogen-bond acceptors (Lipinski definition) is 4. The number of aromatic nitrogens is 4. The molecule has 124 valence electrons. The second kappa shape index (κ2) is 7.08. The van der Waals surface area contributed by atoms with Crippen LogP contribution in [-0.4, -0.2) is 43.1 Å². The minimum absolute atomic E-state index is 0.212. The van der Waals surface area contributed by atoms with Crippen LogP contribution in [0.5, 0.6) is 0 Å². The van der Waals surface area contributed by atoms with Gasteiger partial charge in [-0.1, -0.05) is 0 Å². The zero-order chi connectivity index (χ0) is 17.0. The monoisotopic (exact) mass is 319 g/mol. The molecule has 8 nitrogen and oxygen atoms in total. The van der Waals surface area contributed by atoms with Crippen molar-refractivity contribution in [3.63, 3.8) is 0 Å². The van der Waals surface area contributed by atoms with Crippen LogP contribution in [0.4, 0.5) is 0 Å². The lowest BCUT2D eigenvalue weighted by atomic mass is 10.3. The molecule has 0 saturated carbocycles. The van der Waals surface area contributed by atoms with E-state index in [4.69, 9.17) is 5.11 Å². The largest absolute Gasteiger partial charge is 0.480 e. The zero-order valence-electron chi connectivity index (χ0n) is 13.5. The number of carbonyl (C=O) groups excluding carboxylic acids is 1. The first-order chi connectivity index (χ1) is 10.9. The molecule has 2 rings (SSSR count). The van der Waals surface area contributed by atoms with Crippen molar-refractivity contribution in [3.8, 4) is 0 Å². The van der Waals surface area contributed by atoms with E-state index >= 15 is 0 Å². The van der Waals surface area contributed by atoms with Crippen molar-refractivity contribution in [1.29, 1.82) is 0 Å². The minimum Gasteiger partial charge on any atom is -0.480 e. The average molecular weight is 319 g/mol. The Labute approximate surface area is 134 Å². The second-order valence-electron chi connectivity index (χ2n) is 5.45. The molecule has 8 heteroatoms. The van der Waals surface area contributed by atoms with Gasteiger partial charge in [-0.25, -0.2) is 4.79 Å². The Bertz CT molecular complexity index is 704. The van der Waals surface area contributed by atoms with Crippen LogP contribution >= 0.6 is 0 Å². The van der Waals surface area contributed by atoms with E-state index in [-0.39, 0.29) is 11.6 Å². The maximum Gasteiger partial charge on any atom is 0.328 e. The zero-order valence-corrected chi connectivity index (χ0v) is 13.5. The molecule has 0 aliphatic rings. The number of nitrogens with zero attached hydrogens (tertiary/aromatic N) is 4. The van der Waals surface area contributed by atoms with Crippen LogP contribution in [0.2, 0.25) is 0 Å². The van der Waals surface area contributed by atoms with Crippen molar-refractivity contribution in [3.05, 3.63) is 35.4 Å². The van der Waals surface area contributed by atoms with Crippen LogP contribution in [-0.2, 0) is 11.3 Å². The Kier molecular flexibility index (Phi) is 5.15. The predicted molar refractivity (Wildman–Crippen MR) is 83.2 cm³/mol. The molecule has 0 aliphatic heterocycles. The summed E-state index contributed by atoms with van der Waals surface area (Å²) in [4.78, 5) is 22.9. The molecule has 2 aromatic heterocycles. The summed E-state index contributed by atoms with van der Waals surface area (Å²) in [6.45, 7) is 6.67. The molecule has 1 unspecified atom stereocenters. The molecular formula is C15H21N5O3. The third kappa shape index (κ3) is 4.18. The number of nitrogens with one attached hydrogen (secondary N) is 1. The third-order valence-electron chi connectivity index (χ3n) is 3.53. The van der Waals surface area contributed by atoms with E-state index in [0.29, 0.717) is 6.54 Å². The van der Waals surface area contributed by atoms with Gasteiger partial charge in [-0.05, 0) is 39.3 Å². The molecule has 2 heterocycles. The molecule has 0 fully saturated rings. The summed E-state index contributed by atoms with van der Waals surface area (Å²) in [5.74, 6) is -1.31. The lowest BCUT2D eigenvalue weighted by Crippen LogP contribution is -2.26. The van der Waals surface area contributed by atoms with Crippen molar-refractivity contribution in [2.45, 2.75) is 39.8 Å². The van der Waals surface area contributed by atoms with Gasteiger partial charge in [0.15, 0.2) is 0 Å². The molecule has 0 bridgehead atoms. The normalized spacial score (nSPS) is 12.1. The van der Waals surface area contributed by atoms with Gasteiger partial charge in [-0.3, -0.25) is 14.2 Å². The maximum atomic E-state index is 12.0. The van der Waals surface area contributed by atoms with Gasteiger partial charge in [0.05, 0.1) is 5.69 Å². The quantitative estimate of drug-likeness (QED) is 0.746. The van der Waals surface area contributed by atoms with Crippen molar-refractivity contribution >= 4 is 11.9 Å². The van der Waals surface area contributed by atoms with E-state index in [1.807, 2.05) is 24.6 Å². The Balaban J connectivity index is 1.81. The van der Waals surface area contributed by atoms with Crippen LogP contribution in [0.1, 0.15) is 41.3 Å². The van der Waals surface area contributed by atoms with Gasteiger partial charge in [0.2, 0.25) is 0 Å². The number of rotatable bonds is 7. The van der Waals surface area contributed by atoms with Crippen LogP contribution in [0.3, 0.4) is 0 Å². The smallest absolute Gasteiger partial charge is 0.328 e. The second-order valence-corrected chi connectivity index (χ2v) is 5.45. The first-order valence-electron chi connectivity index (χ1n) is 7.45. The fraction of sp³-hybridized carbons (Fsp3) is 0.467. The minimum atomic E-state index is -0.995. The van der Waals surface area contributed by atoms with E-state index < -0.39 is 12.0 Å². The molecule has 0 saturated heterocycles. The van der Waals surface area contributed by atoms with Crippen LogP contribution in [0.15, 0.2) is 18.3 Å². The lowest BCUT2D eigenvalue weighted by Gasteiger charge is -2.07. The highest BCUT2D eigenvalue weighted by Crippen LogP contribution is 2.06. The highest BCUT2D eigenvalue weighted by molar-refractivity contribution is 5.92. The van der Waals surface area contributed by atoms with E-state index in [1.54, 1.807) is 0 Å². The molecule has 0 spiro atoms. The van der Waals surface area contributed by atoms with Crippen molar-refractivity contribution in [2.75, 3.05) is 6.54 Å². The fourth-order valence-electron chi connectivity index (χ4n) is 2.21. The Hall–Kier alpha value is -2.64. The molecule has 2 aromatic rings. The molecular weight excluding hydrogens is 298 g/mol. The number of hydrogen-bond donors (Lipinski definition) is 2. The van der Waals surface area contributed by atoms with Crippen molar-refractivity contribution in [1.82, 2.24) is 24.9 Å². The first kappa shape index (κ1) is 16.7. The maximum absolute atomic E-state index is 12.0. The Morgan fingerprint density at radius 2 is 2.09 bits per heavy atom. The summed E-state index contributed by atoms with van der Waals surface area (Å²) >= 11 is 0. The van der Waals surface area contributed by atoms with E-state index in [0.717, 1.165) is 24.4 Å². The number of amides is 1. The number of carboxylic acid groups (broad SMARTS) is 1. The topological polar surface area (TPSA) is 102 Å². The van der Waals surface area contributed by atoms with Gasteiger partial charge in [0, 0.05) is 25.0 Å². The van der Waals surface area contributed by atoms with Crippen LogP contribution < -0.4 is 5.32 Å². The number of carboxylic acids is 1. The SMILES string of the molecule is Cc1cc(C)n(CCCNC(=O)c2ccn(C(C)C(=O)O)n2)n1. The molecule has 1 amide bonds. The summed E-state index contributed by atoms with van der Waals surface area (Å²) in [5.41, 5.74) is 2.28. The number of aryl methyl sites for hydroxylation is 3. The summed E-state index contributed by atoms with van der Waals surface area (Å²) < 4.78 is 3.16. The standard InChI is InChI=1S/C15H21N5O3/c1-10-9-11(2)19(17-10)7-4-6-16-14(21)13-5-8-20(18-13)12(3)15(22)23/h5,8-9,12H,4,6-7H2,1-3H3,(H,16,21)(H,22,23). The predicted octanol–water partition coefficient (Wildman–Crippen LogP) is 1.16. The molecule has 1 atom stereocenters. The molecule has 23 heavy (non-hydrogen) atoms. The van der Waals surface area contributed by atoms with Gasteiger partial charge >= 0.3 is 5.97 Å². The van der Waals surface area contributed by atoms with E-state index in [9.17, 15) is 9.59 Å². The van der Waals surface area contributed by atoms with Crippen LogP contribution in [0, 0.1) is 13.8 Å². The molecule has 0 aromatic carbocycles. The van der Waals surface area contributed by atoms with Crippen LogP contribution in [0.25, 0.3) is 0 Å². The Morgan fingerprint density at radius 1 is 1.35 bits per heavy atom. The molecule has 0 radical (unpaired) electrons. The summed E-state index contributed by atoms with van der Waals surface area (Å²) in [5, 5.41) is 20.0. The summed E-state index contributed by atoms with van der Waals surface area (Å²) in [7, 11) is 0. The van der Waals surface area contributed by atoms with E-state index in [2.05, 4.69) is 15.5 Å². The van der Waals surface area contributed by atoms with E-state index in [1.165, 1.54) is 23.9 Å². The summed E-state index contributed by atoms with van der Waals surface area (Å²) in [6.07, 6.45) is 2.24. The highest BCUT2D eigenvalue weighted by Gasteiger charge is 2.16. The third-order valence-corrected chi connectivity index (χ3v) is 3.53. The van der Waals surface area contributed by atoms with Gasteiger partial charge in [0.25, 0.3) is 5.91 Å². The molecule has 2 N–H and O–H groups in total. The van der Waals surface area contributed by atoms with Gasteiger partial charge in [-0.2, -0.15) is 10.2 Å². The number of carbonyl (C=O) groups is 2. The van der Waals surface area contributed by atoms with Crippen molar-refractivity contribution in [2.24, 2.45) is 0 Å². The highest BCUT2D eigenvalue weighted by atomic mass is 16.4. The number of aliphatic carboxylic acids is 1. The lowest BCUT2D eigenvalue weighted by molar-refractivity contribution is -0.140. The van der Waals surface area contributed by atoms with Gasteiger partial charge in [-0.15, -0.1) is 0 Å². The average Bonchev–Trinajstić information content (AvgIpc) is 3.09. The summed E-state index contributed by atoms with van der Waals surface area (Å²) in [6, 6.07) is 2.72. The fourth-order valence-corrected chi connectivity index (χ4v) is 2.21. The van der Waals surface area contributed by atoms with Gasteiger partial charge < -0.3 is 10.4 Å². The Morgan fingerprint density at radius 3 is 2.70 bits per heavy atom. The first-order valence-corrected chi connectivity index (χ1v) is 7.45.